The van der Waals surface area contributed by atoms with Gasteiger partial charge in [-0.2, -0.15) is 0 Å². The molecule has 0 fully saturated rings. The molecule has 0 heterocycles. The van der Waals surface area contributed by atoms with Gasteiger partial charge in [0.05, 0.1) is 6.61 Å². The predicted molar refractivity (Wildman–Crippen MR) is 75.4 cm³/mol. The van der Waals surface area contributed by atoms with Crippen LogP contribution >= 0.6 is 12.2 Å². The maximum atomic E-state index is 11.3. The molecule has 0 saturated heterocycles. The molecule has 0 spiro atoms. The van der Waals surface area contributed by atoms with Crippen LogP contribution < -0.4 is 11.1 Å². The fourth-order valence-electron chi connectivity index (χ4n) is 1.25. The lowest BCUT2D eigenvalue weighted by molar-refractivity contribution is 0.132. The molecule has 3 N–H and O–H groups in total. The van der Waals surface area contributed by atoms with Gasteiger partial charge in [0, 0.05) is 12.1 Å². The smallest absolute Gasteiger partial charge is 0.407 e. The zero-order valence-electron chi connectivity index (χ0n) is 10.6. The molecule has 1 aromatic carbocycles. The standard InChI is InChI=1S/C13H18N2O2S/c1-9(2)8-17-13(16)15-7-10-3-5-11(6-4-10)12(14)18/h3-6,9H,7-8H2,1-2H3,(H2,14,18)(H,15,16). The van der Waals surface area contributed by atoms with Crippen LogP contribution in [0.1, 0.15) is 25.0 Å². The second-order valence-electron chi connectivity index (χ2n) is 4.41. The Morgan fingerprint density at radius 3 is 2.50 bits per heavy atom. The second kappa shape index (κ2) is 6.96. The summed E-state index contributed by atoms with van der Waals surface area (Å²) in [5, 5.41) is 2.68. The van der Waals surface area contributed by atoms with E-state index in [2.05, 4.69) is 5.32 Å². The summed E-state index contributed by atoms with van der Waals surface area (Å²) < 4.78 is 5.00. The van der Waals surface area contributed by atoms with E-state index in [0.29, 0.717) is 24.1 Å². The first-order valence-corrected chi connectivity index (χ1v) is 6.19. The highest BCUT2D eigenvalue weighted by molar-refractivity contribution is 7.80. The van der Waals surface area contributed by atoms with Crippen LogP contribution in [0.15, 0.2) is 24.3 Å². The van der Waals surface area contributed by atoms with Gasteiger partial charge in [-0.3, -0.25) is 0 Å². The summed E-state index contributed by atoms with van der Waals surface area (Å²) in [6, 6.07) is 7.41. The van der Waals surface area contributed by atoms with Gasteiger partial charge < -0.3 is 15.8 Å². The minimum atomic E-state index is -0.401. The molecule has 0 saturated carbocycles. The molecule has 0 aliphatic carbocycles. The third-order valence-corrected chi connectivity index (χ3v) is 2.46. The van der Waals surface area contributed by atoms with Crippen molar-refractivity contribution in [3.05, 3.63) is 35.4 Å². The Balaban J connectivity index is 2.39. The lowest BCUT2D eigenvalue weighted by atomic mass is 10.1. The van der Waals surface area contributed by atoms with Gasteiger partial charge in [-0.25, -0.2) is 4.79 Å². The molecule has 0 aliphatic rings. The SMILES string of the molecule is CC(C)COC(=O)NCc1ccc(C(N)=S)cc1. The Hall–Kier alpha value is -1.62. The van der Waals surface area contributed by atoms with E-state index in [4.69, 9.17) is 22.7 Å². The zero-order valence-corrected chi connectivity index (χ0v) is 11.4. The molecule has 1 rings (SSSR count). The van der Waals surface area contributed by atoms with Crippen molar-refractivity contribution in [3.8, 4) is 0 Å². The predicted octanol–water partition coefficient (Wildman–Crippen LogP) is 2.20. The van der Waals surface area contributed by atoms with Gasteiger partial charge in [-0.1, -0.05) is 50.3 Å². The van der Waals surface area contributed by atoms with Crippen LogP contribution in [0.5, 0.6) is 0 Å². The Morgan fingerprint density at radius 2 is 2.00 bits per heavy atom. The molecule has 98 valence electrons. The highest BCUT2D eigenvalue weighted by Gasteiger charge is 2.03. The molecule has 0 aliphatic heterocycles. The first-order chi connectivity index (χ1) is 8.49. The molecular weight excluding hydrogens is 248 g/mol. The number of carbonyl (C=O) groups is 1. The normalized spacial score (nSPS) is 10.2. The molecule has 1 aromatic rings. The van der Waals surface area contributed by atoms with Crippen LogP contribution in [-0.4, -0.2) is 17.7 Å². The molecule has 0 bridgehead atoms. The first-order valence-electron chi connectivity index (χ1n) is 5.78. The summed E-state index contributed by atoms with van der Waals surface area (Å²) in [7, 11) is 0. The highest BCUT2D eigenvalue weighted by atomic mass is 32.1. The quantitative estimate of drug-likeness (QED) is 0.802. The van der Waals surface area contributed by atoms with Gasteiger partial charge >= 0.3 is 6.09 Å². The van der Waals surface area contributed by atoms with Crippen molar-refractivity contribution < 1.29 is 9.53 Å². The van der Waals surface area contributed by atoms with E-state index in [9.17, 15) is 4.79 Å². The molecule has 1 amide bonds. The summed E-state index contributed by atoms with van der Waals surface area (Å²) in [4.78, 5) is 11.7. The van der Waals surface area contributed by atoms with Crippen molar-refractivity contribution in [1.29, 1.82) is 0 Å². The fourth-order valence-corrected chi connectivity index (χ4v) is 1.39. The van der Waals surface area contributed by atoms with Gasteiger partial charge in [-0.05, 0) is 11.5 Å². The topological polar surface area (TPSA) is 64.3 Å². The van der Waals surface area contributed by atoms with Crippen LogP contribution in [0.4, 0.5) is 4.79 Å². The lowest BCUT2D eigenvalue weighted by Crippen LogP contribution is -2.25. The van der Waals surface area contributed by atoms with Crippen molar-refractivity contribution in [2.75, 3.05) is 6.61 Å². The molecular formula is C13H18N2O2S. The third-order valence-electron chi connectivity index (χ3n) is 2.22. The Kier molecular flexibility index (Phi) is 5.58. The largest absolute Gasteiger partial charge is 0.449 e. The number of hydrogen-bond donors (Lipinski definition) is 2. The van der Waals surface area contributed by atoms with Gasteiger partial charge in [0.25, 0.3) is 0 Å². The average molecular weight is 266 g/mol. The summed E-state index contributed by atoms with van der Waals surface area (Å²) in [5.41, 5.74) is 7.28. The van der Waals surface area contributed by atoms with Crippen molar-refractivity contribution in [2.45, 2.75) is 20.4 Å². The van der Waals surface area contributed by atoms with Crippen LogP contribution in [0.25, 0.3) is 0 Å². The van der Waals surface area contributed by atoms with E-state index in [0.717, 1.165) is 11.1 Å². The molecule has 5 heteroatoms. The number of rotatable bonds is 5. The second-order valence-corrected chi connectivity index (χ2v) is 4.85. The number of ether oxygens (including phenoxy) is 1. The molecule has 4 nitrogen and oxygen atoms in total. The summed E-state index contributed by atoms with van der Waals surface area (Å²) in [6.45, 7) is 4.82. The van der Waals surface area contributed by atoms with Crippen molar-refractivity contribution in [3.63, 3.8) is 0 Å². The van der Waals surface area contributed by atoms with E-state index in [1.54, 1.807) is 0 Å². The Labute approximate surface area is 113 Å². The average Bonchev–Trinajstić information content (AvgIpc) is 2.34. The van der Waals surface area contributed by atoms with Gasteiger partial charge in [0.1, 0.15) is 4.99 Å². The molecule has 0 unspecified atom stereocenters. The third kappa shape index (κ3) is 5.14. The Bertz CT molecular complexity index is 416. The number of amides is 1. The van der Waals surface area contributed by atoms with Crippen molar-refractivity contribution >= 4 is 23.3 Å². The number of carbonyl (C=O) groups excluding carboxylic acids is 1. The maximum absolute atomic E-state index is 11.3. The van der Waals surface area contributed by atoms with Crippen LogP contribution in [0.3, 0.4) is 0 Å². The summed E-state index contributed by atoms with van der Waals surface area (Å²) in [6.07, 6.45) is -0.401. The minimum Gasteiger partial charge on any atom is -0.449 e. The Morgan fingerprint density at radius 1 is 1.39 bits per heavy atom. The van der Waals surface area contributed by atoms with Gasteiger partial charge in [-0.15, -0.1) is 0 Å². The number of nitrogens with one attached hydrogen (secondary N) is 1. The zero-order chi connectivity index (χ0) is 13.5. The monoisotopic (exact) mass is 266 g/mol. The maximum Gasteiger partial charge on any atom is 0.407 e. The van der Waals surface area contributed by atoms with Crippen LogP contribution in [0.2, 0.25) is 0 Å². The molecule has 0 atom stereocenters. The lowest BCUT2D eigenvalue weighted by Gasteiger charge is -2.09. The van der Waals surface area contributed by atoms with E-state index in [-0.39, 0.29) is 0 Å². The van der Waals surface area contributed by atoms with E-state index in [1.165, 1.54) is 0 Å². The molecule has 18 heavy (non-hydrogen) atoms. The van der Waals surface area contributed by atoms with Crippen molar-refractivity contribution in [1.82, 2.24) is 5.32 Å². The van der Waals surface area contributed by atoms with Gasteiger partial charge in [0.15, 0.2) is 0 Å². The van der Waals surface area contributed by atoms with Crippen LogP contribution in [0, 0.1) is 5.92 Å². The number of alkyl carbamates (subject to hydrolysis) is 1. The number of nitrogens with two attached hydrogens (primary N) is 1. The number of benzene rings is 1. The van der Waals surface area contributed by atoms with E-state index >= 15 is 0 Å². The summed E-state index contributed by atoms with van der Waals surface area (Å²) in [5.74, 6) is 0.334. The van der Waals surface area contributed by atoms with E-state index < -0.39 is 6.09 Å². The van der Waals surface area contributed by atoms with Crippen molar-refractivity contribution in [2.24, 2.45) is 11.7 Å². The van der Waals surface area contributed by atoms with Crippen LogP contribution in [-0.2, 0) is 11.3 Å². The fraction of sp³-hybridized carbons (Fsp3) is 0.385. The minimum absolute atomic E-state index is 0.334. The van der Waals surface area contributed by atoms with Gasteiger partial charge in [0.2, 0.25) is 0 Å². The number of hydrogen-bond acceptors (Lipinski definition) is 3. The molecule has 0 aromatic heterocycles. The summed E-state index contributed by atoms with van der Waals surface area (Å²) >= 11 is 4.86. The van der Waals surface area contributed by atoms with E-state index in [1.807, 2.05) is 38.1 Å². The molecule has 0 radical (unpaired) electrons. The number of thiocarbonyl (C=S) groups is 1. The highest BCUT2D eigenvalue weighted by Crippen LogP contribution is 2.04. The first kappa shape index (κ1) is 14.4.